The number of Topliss-reactive ketones (excluding diaryl/α,β-unsaturated/α-hetero) is 1. The Labute approximate surface area is 154 Å². The number of aromatic nitrogens is 2. The van der Waals surface area contributed by atoms with Crippen LogP contribution in [-0.4, -0.2) is 15.3 Å². The second-order valence-electron chi connectivity index (χ2n) is 7.67. The number of aromatic amines is 1. The van der Waals surface area contributed by atoms with Gasteiger partial charge in [-0.25, -0.2) is 4.79 Å². The van der Waals surface area contributed by atoms with Crippen LogP contribution in [0.3, 0.4) is 0 Å². The van der Waals surface area contributed by atoms with Gasteiger partial charge in [0, 0.05) is 29.1 Å². The zero-order valence-electron chi connectivity index (χ0n) is 15.0. The zero-order chi connectivity index (χ0) is 18.6. The van der Waals surface area contributed by atoms with Crippen LogP contribution in [0.15, 0.2) is 38.4 Å². The molecule has 2 aromatic rings. The summed E-state index contributed by atoms with van der Waals surface area (Å²) >= 11 is 1.52. The molecule has 1 aliphatic carbocycles. The second kappa shape index (κ2) is 5.81. The van der Waals surface area contributed by atoms with E-state index in [1.165, 1.54) is 15.9 Å². The number of ketones is 1. The first-order valence-electron chi connectivity index (χ1n) is 8.76. The lowest BCUT2D eigenvalue weighted by molar-refractivity contribution is -0.118. The van der Waals surface area contributed by atoms with Gasteiger partial charge in [-0.3, -0.25) is 19.1 Å². The van der Waals surface area contributed by atoms with E-state index in [1.54, 1.807) is 0 Å². The molecule has 2 aromatic heterocycles. The van der Waals surface area contributed by atoms with Gasteiger partial charge >= 0.3 is 5.69 Å². The molecule has 0 aromatic carbocycles. The number of anilines is 1. The minimum absolute atomic E-state index is 0.0708. The highest BCUT2D eigenvalue weighted by molar-refractivity contribution is 7.10. The summed E-state index contributed by atoms with van der Waals surface area (Å²) in [5.41, 5.74) is 0.957. The van der Waals surface area contributed by atoms with Crippen molar-refractivity contribution in [1.82, 2.24) is 9.55 Å². The van der Waals surface area contributed by atoms with Crippen LogP contribution in [0.1, 0.15) is 50.0 Å². The monoisotopic (exact) mass is 371 g/mol. The third kappa shape index (κ3) is 2.49. The molecule has 0 spiro atoms. The largest absolute Gasteiger partial charge is 0.344 e. The van der Waals surface area contributed by atoms with Gasteiger partial charge in [0.2, 0.25) is 0 Å². The summed E-state index contributed by atoms with van der Waals surface area (Å²) in [4.78, 5) is 41.4. The summed E-state index contributed by atoms with van der Waals surface area (Å²) in [6.07, 6.45) is 1.16. The maximum Gasteiger partial charge on any atom is 0.329 e. The van der Waals surface area contributed by atoms with E-state index in [4.69, 9.17) is 0 Å². The molecular weight excluding hydrogens is 350 g/mol. The number of carbonyl (C=O) groups is 1. The van der Waals surface area contributed by atoms with Gasteiger partial charge in [0.25, 0.3) is 5.56 Å². The Bertz CT molecular complexity index is 1040. The minimum Gasteiger partial charge on any atom is -0.344 e. The van der Waals surface area contributed by atoms with Crippen molar-refractivity contribution in [3.63, 3.8) is 0 Å². The fraction of sp³-hybridized carbons (Fsp3) is 0.421. The van der Waals surface area contributed by atoms with Crippen LogP contribution >= 0.6 is 11.3 Å². The van der Waals surface area contributed by atoms with Crippen molar-refractivity contribution in [3.8, 4) is 0 Å². The Hall–Kier alpha value is -2.41. The lowest BCUT2D eigenvalue weighted by Gasteiger charge is -2.39. The number of allylic oxidation sites excluding steroid dienone is 2. The number of hydrogen-bond acceptors (Lipinski definition) is 5. The summed E-state index contributed by atoms with van der Waals surface area (Å²) in [6, 6.07) is 3.87. The lowest BCUT2D eigenvalue weighted by Crippen LogP contribution is -2.41. The molecule has 0 radical (unpaired) electrons. The molecular formula is C19H21N3O3S. The van der Waals surface area contributed by atoms with Gasteiger partial charge in [0.05, 0.1) is 11.5 Å². The van der Waals surface area contributed by atoms with Crippen molar-refractivity contribution in [2.24, 2.45) is 5.41 Å². The molecule has 2 aliphatic rings. The van der Waals surface area contributed by atoms with Crippen molar-refractivity contribution in [2.45, 2.75) is 46.1 Å². The highest BCUT2D eigenvalue weighted by Gasteiger charge is 2.43. The van der Waals surface area contributed by atoms with Crippen LogP contribution in [0.4, 0.5) is 5.82 Å². The fourth-order valence-corrected chi connectivity index (χ4v) is 4.94. The normalized spacial score (nSPS) is 21.2. The molecule has 0 saturated carbocycles. The highest BCUT2D eigenvalue weighted by Crippen LogP contribution is 2.48. The fourth-order valence-electron chi connectivity index (χ4n) is 4.10. The predicted octanol–water partition coefficient (Wildman–Crippen LogP) is 2.82. The van der Waals surface area contributed by atoms with Crippen molar-refractivity contribution < 1.29 is 4.79 Å². The summed E-state index contributed by atoms with van der Waals surface area (Å²) in [6.45, 7) is 6.43. The van der Waals surface area contributed by atoms with Crippen LogP contribution < -0.4 is 16.6 Å². The van der Waals surface area contributed by atoms with Crippen LogP contribution in [0.2, 0.25) is 0 Å². The van der Waals surface area contributed by atoms with Crippen molar-refractivity contribution in [3.05, 3.63) is 60.1 Å². The zero-order valence-corrected chi connectivity index (χ0v) is 15.8. The number of rotatable bonds is 2. The molecule has 1 unspecified atom stereocenters. The van der Waals surface area contributed by atoms with Gasteiger partial charge in [-0.15, -0.1) is 11.3 Å². The van der Waals surface area contributed by atoms with Crippen LogP contribution in [-0.2, 0) is 11.3 Å². The summed E-state index contributed by atoms with van der Waals surface area (Å²) in [5, 5.41) is 5.23. The maximum atomic E-state index is 13.0. The minimum atomic E-state index is -0.431. The molecule has 2 N–H and O–H groups in total. The Morgan fingerprint density at radius 2 is 2.04 bits per heavy atom. The lowest BCUT2D eigenvalue weighted by atomic mass is 9.70. The molecule has 3 heterocycles. The van der Waals surface area contributed by atoms with E-state index in [-0.39, 0.29) is 11.2 Å². The first-order chi connectivity index (χ1) is 12.3. The van der Waals surface area contributed by atoms with Crippen molar-refractivity contribution >= 4 is 22.9 Å². The number of nitrogens with one attached hydrogen (secondary N) is 2. The van der Waals surface area contributed by atoms with E-state index in [0.717, 1.165) is 10.6 Å². The molecule has 0 bridgehead atoms. The molecule has 26 heavy (non-hydrogen) atoms. The van der Waals surface area contributed by atoms with Crippen LogP contribution in [0, 0.1) is 5.41 Å². The molecule has 0 fully saturated rings. The smallest absolute Gasteiger partial charge is 0.329 e. The Morgan fingerprint density at radius 1 is 1.27 bits per heavy atom. The van der Waals surface area contributed by atoms with Crippen molar-refractivity contribution in [2.75, 3.05) is 5.32 Å². The van der Waals surface area contributed by atoms with E-state index < -0.39 is 17.2 Å². The third-order valence-electron chi connectivity index (χ3n) is 5.15. The Morgan fingerprint density at radius 3 is 2.69 bits per heavy atom. The molecule has 6 nitrogen and oxygen atoms in total. The summed E-state index contributed by atoms with van der Waals surface area (Å²) < 4.78 is 1.53. The second-order valence-corrected chi connectivity index (χ2v) is 8.65. The topological polar surface area (TPSA) is 84.0 Å². The highest BCUT2D eigenvalue weighted by atomic mass is 32.1. The molecule has 0 amide bonds. The Kier molecular flexibility index (Phi) is 3.80. The number of thiophene rings is 1. The number of fused-ring (bicyclic) bond motifs is 1. The first kappa shape index (κ1) is 17.0. The van der Waals surface area contributed by atoms with Gasteiger partial charge in [-0.1, -0.05) is 19.9 Å². The van der Waals surface area contributed by atoms with Gasteiger partial charge < -0.3 is 5.32 Å². The molecule has 0 saturated heterocycles. The maximum absolute atomic E-state index is 13.0. The Balaban J connectivity index is 2.05. The van der Waals surface area contributed by atoms with E-state index in [0.29, 0.717) is 36.3 Å². The third-order valence-corrected chi connectivity index (χ3v) is 6.08. The number of nitrogens with zero attached hydrogens (tertiary/aromatic N) is 1. The number of carbonyl (C=O) groups excluding carboxylic acids is 1. The number of H-pyrrole nitrogens is 1. The van der Waals surface area contributed by atoms with Gasteiger partial charge in [0.15, 0.2) is 5.78 Å². The van der Waals surface area contributed by atoms with Gasteiger partial charge in [0.1, 0.15) is 5.82 Å². The summed E-state index contributed by atoms with van der Waals surface area (Å²) in [5.74, 6) is 0.164. The molecule has 1 atom stereocenters. The average Bonchev–Trinajstić information content (AvgIpc) is 3.06. The molecule has 7 heteroatoms. The van der Waals surface area contributed by atoms with E-state index in [1.807, 2.05) is 24.4 Å². The summed E-state index contributed by atoms with van der Waals surface area (Å²) in [7, 11) is 0. The van der Waals surface area contributed by atoms with E-state index in [2.05, 4.69) is 24.1 Å². The van der Waals surface area contributed by atoms with Gasteiger partial charge in [-0.2, -0.15) is 0 Å². The van der Waals surface area contributed by atoms with Crippen LogP contribution in [0.5, 0.6) is 0 Å². The SMILES string of the molecule is CCn1c2c(c(=O)[nH]c1=O)C(c1cccs1)C1=C(CC(C)(C)CC1=O)N2. The quantitative estimate of drug-likeness (QED) is 0.850. The molecule has 1 aliphatic heterocycles. The standard InChI is InChI=1S/C19H21N3O3S/c1-4-22-16-15(17(24)21-18(22)25)14(12-6-5-7-26-12)13-10(20-16)8-19(2,3)9-11(13)23/h5-7,14,20H,4,8-9H2,1-3H3,(H,21,24,25). The molecule has 4 rings (SSSR count). The number of hydrogen-bond donors (Lipinski definition) is 2. The van der Waals surface area contributed by atoms with E-state index >= 15 is 0 Å². The first-order valence-corrected chi connectivity index (χ1v) is 9.64. The van der Waals surface area contributed by atoms with Crippen LogP contribution in [0.25, 0.3) is 0 Å². The van der Waals surface area contributed by atoms with E-state index in [9.17, 15) is 14.4 Å². The predicted molar refractivity (Wildman–Crippen MR) is 102 cm³/mol. The average molecular weight is 371 g/mol. The molecule has 136 valence electrons. The van der Waals surface area contributed by atoms with Crippen molar-refractivity contribution in [1.29, 1.82) is 0 Å². The van der Waals surface area contributed by atoms with Gasteiger partial charge in [-0.05, 0) is 30.2 Å².